The Kier molecular flexibility index (Phi) is 3.63. The SMILES string of the molecule is Nc1ccc(NC(=O)NCc2csc(=O)[nH]2)cc1. The van der Waals surface area contributed by atoms with Crippen LogP contribution in [0.1, 0.15) is 5.69 Å². The van der Waals surface area contributed by atoms with E-state index in [0.29, 0.717) is 17.1 Å². The van der Waals surface area contributed by atoms with E-state index in [0.717, 1.165) is 11.3 Å². The summed E-state index contributed by atoms with van der Waals surface area (Å²) in [5.41, 5.74) is 7.50. The van der Waals surface area contributed by atoms with Crippen LogP contribution < -0.4 is 21.2 Å². The van der Waals surface area contributed by atoms with Crippen molar-refractivity contribution in [3.8, 4) is 0 Å². The molecule has 18 heavy (non-hydrogen) atoms. The summed E-state index contributed by atoms with van der Waals surface area (Å²) in [6.07, 6.45) is 0. The summed E-state index contributed by atoms with van der Waals surface area (Å²) in [5, 5.41) is 6.96. The van der Waals surface area contributed by atoms with Crippen LogP contribution >= 0.6 is 11.3 Å². The van der Waals surface area contributed by atoms with Crippen molar-refractivity contribution in [2.45, 2.75) is 6.54 Å². The lowest BCUT2D eigenvalue weighted by molar-refractivity contribution is 0.251. The van der Waals surface area contributed by atoms with Gasteiger partial charge in [0.05, 0.1) is 6.54 Å². The number of hydrogen-bond donors (Lipinski definition) is 4. The summed E-state index contributed by atoms with van der Waals surface area (Å²) >= 11 is 1.06. The molecule has 0 atom stereocenters. The fourth-order valence-corrected chi connectivity index (χ4v) is 1.90. The molecule has 0 spiro atoms. The van der Waals surface area contributed by atoms with Crippen LogP contribution in [0, 0.1) is 0 Å². The van der Waals surface area contributed by atoms with E-state index in [2.05, 4.69) is 15.6 Å². The van der Waals surface area contributed by atoms with Crippen LogP contribution in [0.4, 0.5) is 16.2 Å². The summed E-state index contributed by atoms with van der Waals surface area (Å²) in [4.78, 5) is 24.9. The Labute approximate surface area is 107 Å². The first-order chi connectivity index (χ1) is 8.63. The van der Waals surface area contributed by atoms with E-state index in [1.165, 1.54) is 0 Å². The summed E-state index contributed by atoms with van der Waals surface area (Å²) in [6.45, 7) is 0.277. The van der Waals surface area contributed by atoms with Gasteiger partial charge in [-0.15, -0.1) is 0 Å². The quantitative estimate of drug-likeness (QED) is 0.629. The zero-order valence-electron chi connectivity index (χ0n) is 9.40. The van der Waals surface area contributed by atoms with Crippen molar-refractivity contribution in [2.75, 3.05) is 11.1 Å². The van der Waals surface area contributed by atoms with E-state index in [1.54, 1.807) is 29.6 Å². The molecule has 7 heteroatoms. The predicted molar refractivity (Wildman–Crippen MR) is 71.7 cm³/mol. The number of anilines is 2. The maximum Gasteiger partial charge on any atom is 0.319 e. The van der Waals surface area contributed by atoms with Gasteiger partial charge in [0, 0.05) is 22.4 Å². The molecular weight excluding hydrogens is 252 g/mol. The minimum absolute atomic E-state index is 0.134. The van der Waals surface area contributed by atoms with E-state index in [9.17, 15) is 9.59 Å². The van der Waals surface area contributed by atoms with E-state index in [4.69, 9.17) is 5.73 Å². The van der Waals surface area contributed by atoms with Crippen molar-refractivity contribution in [1.82, 2.24) is 10.3 Å². The van der Waals surface area contributed by atoms with Gasteiger partial charge >= 0.3 is 10.9 Å². The number of rotatable bonds is 3. The van der Waals surface area contributed by atoms with Crippen LogP contribution in [0.15, 0.2) is 34.4 Å². The van der Waals surface area contributed by atoms with Crippen molar-refractivity contribution in [1.29, 1.82) is 0 Å². The number of hydrogen-bond acceptors (Lipinski definition) is 4. The molecule has 1 aromatic heterocycles. The van der Waals surface area contributed by atoms with Crippen molar-refractivity contribution in [3.05, 3.63) is 45.0 Å². The molecule has 0 aliphatic heterocycles. The van der Waals surface area contributed by atoms with Crippen molar-refractivity contribution < 1.29 is 4.79 Å². The second-order valence-electron chi connectivity index (χ2n) is 3.60. The van der Waals surface area contributed by atoms with Crippen LogP contribution in [-0.4, -0.2) is 11.0 Å². The average molecular weight is 264 g/mol. The first kappa shape index (κ1) is 12.2. The van der Waals surface area contributed by atoms with Gasteiger partial charge in [0.1, 0.15) is 0 Å². The Morgan fingerprint density at radius 2 is 2.06 bits per heavy atom. The molecule has 5 N–H and O–H groups in total. The second-order valence-corrected chi connectivity index (χ2v) is 4.45. The number of nitrogen functional groups attached to an aromatic ring is 1. The predicted octanol–water partition coefficient (Wildman–Crippen LogP) is 1.34. The number of nitrogens with one attached hydrogen (secondary N) is 3. The standard InChI is InChI=1S/C11H12N4O2S/c12-7-1-3-8(4-2-7)14-10(16)13-5-9-6-18-11(17)15-9/h1-4,6H,5,12H2,(H,15,17)(H2,13,14,16). The molecule has 0 unspecified atom stereocenters. The number of amides is 2. The van der Waals surface area contributed by atoms with E-state index >= 15 is 0 Å². The van der Waals surface area contributed by atoms with E-state index in [-0.39, 0.29) is 17.4 Å². The van der Waals surface area contributed by atoms with E-state index < -0.39 is 0 Å². The van der Waals surface area contributed by atoms with Crippen LogP contribution in [0.5, 0.6) is 0 Å². The lowest BCUT2D eigenvalue weighted by Gasteiger charge is -2.06. The van der Waals surface area contributed by atoms with E-state index in [1.807, 2.05) is 0 Å². The molecule has 1 heterocycles. The number of urea groups is 1. The molecule has 0 bridgehead atoms. The Bertz CT molecular complexity index is 588. The largest absolute Gasteiger partial charge is 0.399 e. The third kappa shape index (κ3) is 3.36. The molecule has 94 valence electrons. The molecule has 6 nitrogen and oxygen atoms in total. The number of nitrogens with two attached hydrogens (primary N) is 1. The number of thiazole rings is 1. The highest BCUT2D eigenvalue weighted by Gasteiger charge is 2.02. The topological polar surface area (TPSA) is 100 Å². The highest BCUT2D eigenvalue weighted by atomic mass is 32.1. The molecule has 0 radical (unpaired) electrons. The number of aromatic amines is 1. The van der Waals surface area contributed by atoms with Crippen LogP contribution in [0.25, 0.3) is 0 Å². The average Bonchev–Trinajstić information content (AvgIpc) is 2.76. The Morgan fingerprint density at radius 1 is 1.33 bits per heavy atom. The molecule has 2 aromatic rings. The smallest absolute Gasteiger partial charge is 0.319 e. The number of carbonyl (C=O) groups excluding carboxylic acids is 1. The molecule has 2 rings (SSSR count). The van der Waals surface area contributed by atoms with Gasteiger partial charge in [-0.3, -0.25) is 4.79 Å². The zero-order chi connectivity index (χ0) is 13.0. The third-order valence-corrected chi connectivity index (χ3v) is 2.90. The first-order valence-electron chi connectivity index (χ1n) is 5.20. The Balaban J connectivity index is 1.85. The lowest BCUT2D eigenvalue weighted by Crippen LogP contribution is -2.28. The van der Waals surface area contributed by atoms with Crippen molar-refractivity contribution >= 4 is 28.7 Å². The second kappa shape index (κ2) is 5.37. The van der Waals surface area contributed by atoms with Crippen LogP contribution in [0.3, 0.4) is 0 Å². The Hall–Kier alpha value is -2.28. The molecule has 0 fully saturated rings. The fraction of sp³-hybridized carbons (Fsp3) is 0.0909. The highest BCUT2D eigenvalue weighted by Crippen LogP contribution is 2.10. The maximum absolute atomic E-state index is 11.5. The number of benzene rings is 1. The van der Waals surface area contributed by atoms with Gasteiger partial charge in [-0.1, -0.05) is 11.3 Å². The molecule has 1 aromatic carbocycles. The normalized spacial score (nSPS) is 10.0. The number of H-pyrrole nitrogens is 1. The van der Waals surface area contributed by atoms with Crippen LogP contribution in [0.2, 0.25) is 0 Å². The first-order valence-corrected chi connectivity index (χ1v) is 6.08. The van der Waals surface area contributed by atoms with Gasteiger partial charge in [-0.2, -0.15) is 0 Å². The zero-order valence-corrected chi connectivity index (χ0v) is 10.2. The summed E-state index contributed by atoms with van der Waals surface area (Å²) in [7, 11) is 0. The summed E-state index contributed by atoms with van der Waals surface area (Å²) in [5.74, 6) is 0. The third-order valence-electron chi connectivity index (χ3n) is 2.18. The fourth-order valence-electron chi connectivity index (χ4n) is 1.32. The molecule has 0 saturated carbocycles. The maximum atomic E-state index is 11.5. The van der Waals surface area contributed by atoms with Gasteiger partial charge in [-0.05, 0) is 24.3 Å². The number of aromatic nitrogens is 1. The monoisotopic (exact) mass is 264 g/mol. The number of carbonyl (C=O) groups is 1. The molecule has 2 amide bonds. The Morgan fingerprint density at radius 3 is 2.67 bits per heavy atom. The summed E-state index contributed by atoms with van der Waals surface area (Å²) < 4.78 is 0. The van der Waals surface area contributed by atoms with Crippen molar-refractivity contribution in [3.63, 3.8) is 0 Å². The molecular formula is C11H12N4O2S. The molecule has 0 saturated heterocycles. The van der Waals surface area contributed by atoms with Gasteiger partial charge < -0.3 is 21.4 Å². The van der Waals surface area contributed by atoms with Gasteiger partial charge in [0.15, 0.2) is 0 Å². The lowest BCUT2D eigenvalue weighted by atomic mass is 10.3. The van der Waals surface area contributed by atoms with Gasteiger partial charge in [-0.25, -0.2) is 4.79 Å². The van der Waals surface area contributed by atoms with Crippen molar-refractivity contribution in [2.24, 2.45) is 0 Å². The van der Waals surface area contributed by atoms with Gasteiger partial charge in [0.25, 0.3) is 0 Å². The molecule has 0 aliphatic rings. The van der Waals surface area contributed by atoms with Crippen LogP contribution in [-0.2, 0) is 6.54 Å². The highest BCUT2D eigenvalue weighted by molar-refractivity contribution is 7.07. The minimum Gasteiger partial charge on any atom is -0.399 e. The molecule has 0 aliphatic carbocycles. The minimum atomic E-state index is -0.341. The van der Waals surface area contributed by atoms with Gasteiger partial charge in [0.2, 0.25) is 0 Å². The summed E-state index contributed by atoms with van der Waals surface area (Å²) in [6, 6.07) is 6.48.